The molecule has 0 aliphatic carbocycles. The molecule has 0 saturated carbocycles. The molecule has 3 heterocycles. The van der Waals surface area contributed by atoms with Crippen LogP contribution in [0.1, 0.15) is 19.3 Å². The minimum absolute atomic E-state index is 0.269. The largest absolute Gasteiger partial charge is 0.486 e. The van der Waals surface area contributed by atoms with Crippen LogP contribution < -0.4 is 9.47 Å². The van der Waals surface area contributed by atoms with Crippen molar-refractivity contribution in [1.82, 2.24) is 9.21 Å². The number of rotatable bonds is 4. The molecule has 0 unspecified atom stereocenters. The first-order valence-corrected chi connectivity index (χ1v) is 10.8. The molecule has 0 amide bonds. The zero-order valence-electron chi connectivity index (χ0n) is 14.9. The van der Waals surface area contributed by atoms with E-state index in [0.717, 1.165) is 39.1 Å². The van der Waals surface area contributed by atoms with Crippen LogP contribution >= 0.6 is 0 Å². The maximum Gasteiger partial charge on any atom is 0.243 e. The first kappa shape index (κ1) is 18.0. The fraction of sp³-hybridized carbons (Fsp3) is 0.667. The van der Waals surface area contributed by atoms with Gasteiger partial charge in [0.05, 0.1) is 11.0 Å². The highest BCUT2D eigenvalue weighted by Gasteiger charge is 2.30. The highest BCUT2D eigenvalue weighted by Crippen LogP contribution is 2.33. The molecule has 3 aliphatic rings. The SMILES string of the molecule is O=S(=O)(c1ccc2c(c1)OCCO2)N1CCN(C[C@H]2CCCCO2)CC1. The molecule has 1 aromatic rings. The number of nitrogens with zero attached hydrogens (tertiary/aromatic N) is 2. The summed E-state index contributed by atoms with van der Waals surface area (Å²) >= 11 is 0. The van der Waals surface area contributed by atoms with Crippen molar-refractivity contribution in [3.63, 3.8) is 0 Å². The topological polar surface area (TPSA) is 68.3 Å². The van der Waals surface area contributed by atoms with Crippen molar-refractivity contribution >= 4 is 10.0 Å². The first-order valence-electron chi connectivity index (χ1n) is 9.37. The summed E-state index contributed by atoms with van der Waals surface area (Å²) < 4.78 is 44.3. The van der Waals surface area contributed by atoms with E-state index in [2.05, 4.69) is 4.90 Å². The minimum Gasteiger partial charge on any atom is -0.486 e. The predicted molar refractivity (Wildman–Crippen MR) is 96.2 cm³/mol. The molecule has 4 rings (SSSR count). The lowest BCUT2D eigenvalue weighted by molar-refractivity contribution is -0.0103. The maximum absolute atomic E-state index is 13.0. The Morgan fingerprint density at radius 2 is 1.73 bits per heavy atom. The third-order valence-corrected chi connectivity index (χ3v) is 7.11. The van der Waals surface area contributed by atoms with E-state index in [1.807, 2.05) is 0 Å². The summed E-state index contributed by atoms with van der Waals surface area (Å²) in [5, 5.41) is 0. The van der Waals surface area contributed by atoms with Crippen molar-refractivity contribution in [2.75, 3.05) is 52.5 Å². The van der Waals surface area contributed by atoms with Gasteiger partial charge in [0.1, 0.15) is 13.2 Å². The lowest BCUT2D eigenvalue weighted by Gasteiger charge is -2.36. The molecule has 26 heavy (non-hydrogen) atoms. The van der Waals surface area contributed by atoms with Crippen LogP contribution in [-0.4, -0.2) is 76.3 Å². The Morgan fingerprint density at radius 1 is 0.962 bits per heavy atom. The highest BCUT2D eigenvalue weighted by atomic mass is 32.2. The van der Waals surface area contributed by atoms with Crippen LogP contribution in [0.2, 0.25) is 0 Å². The molecular formula is C18H26N2O5S. The molecule has 0 aromatic heterocycles. The monoisotopic (exact) mass is 382 g/mol. The lowest BCUT2D eigenvalue weighted by atomic mass is 10.1. The van der Waals surface area contributed by atoms with E-state index in [0.29, 0.717) is 43.9 Å². The zero-order chi connectivity index (χ0) is 18.0. The van der Waals surface area contributed by atoms with Gasteiger partial charge in [-0.1, -0.05) is 0 Å². The molecule has 2 saturated heterocycles. The maximum atomic E-state index is 13.0. The average molecular weight is 382 g/mol. The Morgan fingerprint density at radius 3 is 2.46 bits per heavy atom. The second-order valence-electron chi connectivity index (χ2n) is 7.00. The van der Waals surface area contributed by atoms with Crippen molar-refractivity contribution in [3.8, 4) is 11.5 Å². The molecular weight excluding hydrogens is 356 g/mol. The summed E-state index contributed by atoms with van der Waals surface area (Å²) in [6.07, 6.45) is 3.78. The van der Waals surface area contributed by atoms with Gasteiger partial charge in [0.2, 0.25) is 10.0 Å². The Labute approximate surface area is 154 Å². The van der Waals surface area contributed by atoms with Crippen LogP contribution in [0.4, 0.5) is 0 Å². The summed E-state index contributed by atoms with van der Waals surface area (Å²) in [7, 11) is -3.51. The normalized spacial score (nSPS) is 25.2. The smallest absolute Gasteiger partial charge is 0.243 e. The Balaban J connectivity index is 1.38. The number of benzene rings is 1. The van der Waals surface area contributed by atoms with Gasteiger partial charge in [0.25, 0.3) is 0 Å². The van der Waals surface area contributed by atoms with E-state index in [1.54, 1.807) is 22.5 Å². The third-order valence-electron chi connectivity index (χ3n) is 5.22. The fourth-order valence-corrected chi connectivity index (χ4v) is 5.16. The number of hydrogen-bond acceptors (Lipinski definition) is 6. The van der Waals surface area contributed by atoms with Crippen molar-refractivity contribution in [1.29, 1.82) is 0 Å². The number of ether oxygens (including phenoxy) is 3. The second kappa shape index (κ2) is 7.72. The van der Waals surface area contributed by atoms with E-state index in [9.17, 15) is 8.42 Å². The zero-order valence-corrected chi connectivity index (χ0v) is 15.7. The van der Waals surface area contributed by atoms with Crippen LogP contribution in [0.5, 0.6) is 11.5 Å². The minimum atomic E-state index is -3.51. The van der Waals surface area contributed by atoms with Crippen LogP contribution in [0, 0.1) is 0 Å². The highest BCUT2D eigenvalue weighted by molar-refractivity contribution is 7.89. The quantitative estimate of drug-likeness (QED) is 0.783. The third kappa shape index (κ3) is 3.83. The number of hydrogen-bond donors (Lipinski definition) is 0. The van der Waals surface area contributed by atoms with E-state index >= 15 is 0 Å². The molecule has 3 aliphatic heterocycles. The van der Waals surface area contributed by atoms with Gasteiger partial charge in [0.15, 0.2) is 11.5 Å². The fourth-order valence-electron chi connectivity index (χ4n) is 3.73. The number of piperazine rings is 1. The van der Waals surface area contributed by atoms with E-state index < -0.39 is 10.0 Å². The molecule has 0 bridgehead atoms. The van der Waals surface area contributed by atoms with Crippen LogP contribution in [-0.2, 0) is 14.8 Å². The van der Waals surface area contributed by atoms with Crippen LogP contribution in [0.25, 0.3) is 0 Å². The van der Waals surface area contributed by atoms with Gasteiger partial charge < -0.3 is 14.2 Å². The molecule has 1 aromatic carbocycles. The van der Waals surface area contributed by atoms with Crippen molar-refractivity contribution < 1.29 is 22.6 Å². The Hall–Kier alpha value is -1.35. The summed E-state index contributed by atoms with van der Waals surface area (Å²) in [6.45, 7) is 5.17. The van der Waals surface area contributed by atoms with Gasteiger partial charge in [0, 0.05) is 45.4 Å². The summed E-state index contributed by atoms with van der Waals surface area (Å²) in [5.74, 6) is 1.11. The van der Waals surface area contributed by atoms with Crippen molar-refractivity contribution in [3.05, 3.63) is 18.2 Å². The van der Waals surface area contributed by atoms with E-state index in [4.69, 9.17) is 14.2 Å². The summed E-state index contributed by atoms with van der Waals surface area (Å²) in [4.78, 5) is 2.58. The van der Waals surface area contributed by atoms with Crippen LogP contribution in [0.15, 0.2) is 23.1 Å². The van der Waals surface area contributed by atoms with E-state index in [1.165, 1.54) is 6.42 Å². The van der Waals surface area contributed by atoms with Crippen molar-refractivity contribution in [2.24, 2.45) is 0 Å². The molecule has 8 heteroatoms. The van der Waals surface area contributed by atoms with Gasteiger partial charge in [-0.25, -0.2) is 8.42 Å². The number of sulfonamides is 1. The standard InChI is InChI=1S/C18H26N2O5S/c21-26(22,16-4-5-17-18(13-16)25-12-11-24-17)20-8-6-19(7-9-20)14-15-3-1-2-10-23-15/h4-5,13,15H,1-3,6-12,14H2/t15-/m1/s1. The number of fused-ring (bicyclic) bond motifs is 1. The molecule has 2 fully saturated rings. The molecule has 0 radical (unpaired) electrons. The Bertz CT molecular complexity index is 725. The van der Waals surface area contributed by atoms with Gasteiger partial charge in [-0.05, 0) is 31.4 Å². The van der Waals surface area contributed by atoms with Gasteiger partial charge in [-0.3, -0.25) is 4.90 Å². The average Bonchev–Trinajstić information content (AvgIpc) is 2.69. The summed E-state index contributed by atoms with van der Waals surface area (Å²) in [6, 6.07) is 4.86. The van der Waals surface area contributed by atoms with Crippen LogP contribution in [0.3, 0.4) is 0 Å². The van der Waals surface area contributed by atoms with Gasteiger partial charge in [-0.15, -0.1) is 0 Å². The molecule has 7 nitrogen and oxygen atoms in total. The van der Waals surface area contributed by atoms with Gasteiger partial charge in [-0.2, -0.15) is 4.31 Å². The van der Waals surface area contributed by atoms with E-state index in [-0.39, 0.29) is 4.90 Å². The molecule has 144 valence electrons. The molecule has 1 atom stereocenters. The summed E-state index contributed by atoms with van der Waals surface area (Å²) in [5.41, 5.74) is 0. The first-order chi connectivity index (χ1) is 12.6. The molecule has 0 N–H and O–H groups in total. The second-order valence-corrected chi connectivity index (χ2v) is 8.94. The predicted octanol–water partition coefficient (Wildman–Crippen LogP) is 1.33. The molecule has 0 spiro atoms. The van der Waals surface area contributed by atoms with Gasteiger partial charge >= 0.3 is 0 Å². The Kier molecular flexibility index (Phi) is 5.35. The lowest BCUT2D eigenvalue weighted by Crippen LogP contribution is -2.50. The van der Waals surface area contributed by atoms with Crippen molar-refractivity contribution in [2.45, 2.75) is 30.3 Å².